The number of hydrogen-bond acceptors (Lipinski definition) is 4. The lowest BCUT2D eigenvalue weighted by Gasteiger charge is -2.37. The maximum absolute atomic E-state index is 12.7. The van der Waals surface area contributed by atoms with Gasteiger partial charge in [-0.25, -0.2) is 9.97 Å². The van der Waals surface area contributed by atoms with Crippen molar-refractivity contribution in [1.29, 1.82) is 0 Å². The largest absolute Gasteiger partial charge is 0.355 e. The number of nitrogens with one attached hydrogen (secondary N) is 2. The maximum Gasteiger partial charge on any atom is 0.274 e. The van der Waals surface area contributed by atoms with Crippen molar-refractivity contribution in [1.82, 2.24) is 19.9 Å². The Morgan fingerprint density at radius 1 is 0.811 bits per heavy atom. The molecule has 5 heterocycles. The second-order valence-electron chi connectivity index (χ2n) is 10.0. The molecule has 0 amide bonds. The number of nitrogens with zero attached hydrogens (tertiary/aromatic N) is 2. The van der Waals surface area contributed by atoms with Crippen molar-refractivity contribution in [3.05, 3.63) is 94.6 Å². The molecule has 0 fully saturated rings. The molecule has 3 aromatic rings. The van der Waals surface area contributed by atoms with E-state index in [0.717, 1.165) is 38.9 Å². The van der Waals surface area contributed by atoms with E-state index in [2.05, 4.69) is 9.97 Å². The summed E-state index contributed by atoms with van der Waals surface area (Å²) in [5.74, 6) is -0.625. The van der Waals surface area contributed by atoms with Crippen molar-refractivity contribution in [3.63, 3.8) is 0 Å². The first-order valence-corrected chi connectivity index (χ1v) is 13.4. The van der Waals surface area contributed by atoms with Crippen LogP contribution in [0.5, 0.6) is 0 Å². The number of allylic oxidation sites excluding steroid dienone is 4. The van der Waals surface area contributed by atoms with Gasteiger partial charge < -0.3 is 9.97 Å². The first-order valence-electron chi connectivity index (χ1n) is 12.0. The molecule has 0 saturated heterocycles. The minimum Gasteiger partial charge on any atom is -0.355 e. The molecule has 3 aromatic heterocycles. The highest BCUT2D eigenvalue weighted by Crippen LogP contribution is 2.47. The Morgan fingerprint density at radius 3 is 2.00 bits per heavy atom. The van der Waals surface area contributed by atoms with E-state index in [1.54, 1.807) is 13.0 Å². The van der Waals surface area contributed by atoms with Crippen LogP contribution >= 0.6 is 0 Å². The van der Waals surface area contributed by atoms with Gasteiger partial charge in [-0.3, -0.25) is 4.55 Å². The molecule has 6 rings (SSSR count). The lowest BCUT2D eigenvalue weighted by atomic mass is 9.75. The van der Waals surface area contributed by atoms with E-state index in [1.807, 2.05) is 86.7 Å². The molecule has 8 bridgehead atoms. The number of aromatic amines is 2. The highest BCUT2D eigenvalue weighted by Gasteiger charge is 2.48. The molecule has 1 aliphatic carbocycles. The van der Waals surface area contributed by atoms with Crippen LogP contribution in [0.25, 0.3) is 45.9 Å². The van der Waals surface area contributed by atoms with Gasteiger partial charge in [-0.15, -0.1) is 0 Å². The summed E-state index contributed by atoms with van der Waals surface area (Å²) in [7, 11) is -4.45. The first-order chi connectivity index (χ1) is 17.6. The third-order valence-electron chi connectivity index (χ3n) is 7.06. The van der Waals surface area contributed by atoms with E-state index >= 15 is 0 Å². The Hall–Kier alpha value is -4.01. The average Bonchev–Trinajstić information content (AvgIpc) is 3.58. The molecule has 2 unspecified atom stereocenters. The van der Waals surface area contributed by atoms with Crippen molar-refractivity contribution in [2.45, 2.75) is 25.5 Å². The molecular weight excluding hydrogens is 484 g/mol. The van der Waals surface area contributed by atoms with Crippen molar-refractivity contribution in [2.24, 2.45) is 5.92 Å². The van der Waals surface area contributed by atoms with E-state index in [4.69, 9.17) is 9.97 Å². The van der Waals surface area contributed by atoms with Crippen LogP contribution in [0.4, 0.5) is 0 Å². The third-order valence-corrected chi connectivity index (χ3v) is 8.53. The Kier molecular flexibility index (Phi) is 5.22. The summed E-state index contributed by atoms with van der Waals surface area (Å²) in [6, 6.07) is 15.8. The Balaban J connectivity index is 1.63. The smallest absolute Gasteiger partial charge is 0.274 e. The Labute approximate surface area is 214 Å². The fourth-order valence-corrected chi connectivity index (χ4v) is 6.46. The van der Waals surface area contributed by atoms with Gasteiger partial charge in [0.1, 0.15) is 4.75 Å². The average molecular weight is 511 g/mol. The summed E-state index contributed by atoms with van der Waals surface area (Å²) in [4.78, 5) is 16.4. The highest BCUT2D eigenvalue weighted by molar-refractivity contribution is 7.87. The third kappa shape index (κ3) is 4.18. The Morgan fingerprint density at radius 2 is 1.38 bits per heavy atom. The van der Waals surface area contributed by atoms with Crippen LogP contribution < -0.4 is 0 Å². The highest BCUT2D eigenvalue weighted by atomic mass is 32.2. The van der Waals surface area contributed by atoms with Gasteiger partial charge in [-0.05, 0) is 93.1 Å². The SMILES string of the molecule is CC1=CC(C)(S(=O)(=O)O)C(C2=Cc3cc4ccc(cc5ccc(cc6nc(cc2n3)C=C6)[nH]5)[nH]4)C(C)=C1. The zero-order chi connectivity index (χ0) is 25.9. The Bertz CT molecular complexity index is 1850. The van der Waals surface area contributed by atoms with E-state index < -0.39 is 20.8 Å². The molecular formula is C29H26N4O3S. The molecule has 0 aromatic carbocycles. The fraction of sp³-hybridized carbons (Fsp3) is 0.172. The lowest BCUT2D eigenvalue weighted by molar-refractivity contribution is 0.433. The van der Waals surface area contributed by atoms with Gasteiger partial charge in [-0.2, -0.15) is 8.42 Å². The predicted molar refractivity (Wildman–Crippen MR) is 149 cm³/mol. The molecule has 0 radical (unpaired) electrons. The number of aromatic nitrogens is 4. The van der Waals surface area contributed by atoms with Gasteiger partial charge in [0.2, 0.25) is 0 Å². The fourth-order valence-electron chi connectivity index (χ4n) is 5.52. The molecule has 8 heteroatoms. The molecule has 7 nitrogen and oxygen atoms in total. The summed E-state index contributed by atoms with van der Waals surface area (Å²) in [5, 5.41) is 0. The van der Waals surface area contributed by atoms with Crippen LogP contribution in [-0.2, 0) is 10.1 Å². The second kappa shape index (κ2) is 8.26. The zero-order valence-corrected chi connectivity index (χ0v) is 21.5. The topological polar surface area (TPSA) is 112 Å². The van der Waals surface area contributed by atoms with Gasteiger partial charge in [-0.1, -0.05) is 23.3 Å². The van der Waals surface area contributed by atoms with Crippen LogP contribution in [0.3, 0.4) is 0 Å². The quantitative estimate of drug-likeness (QED) is 0.278. The van der Waals surface area contributed by atoms with E-state index in [-0.39, 0.29) is 0 Å². The molecule has 186 valence electrons. The summed E-state index contributed by atoms with van der Waals surface area (Å²) in [6.45, 7) is 5.30. The number of rotatable bonds is 2. The molecule has 0 spiro atoms. The maximum atomic E-state index is 12.7. The standard InChI is InChI=1S/C29H26N4O3S/c1-17-10-18(2)28(29(3,16-17)37(34,35)36)26-14-25-13-23-7-6-21(31-23)11-19-4-5-20(30-19)12-22-8-9-24(32-22)15-27(26)33-25/h4-16,28,30-31H,1-3H3,(H,34,35,36). The number of fused-ring (bicyclic) bond motifs is 8. The van der Waals surface area contributed by atoms with Gasteiger partial charge in [0.05, 0.1) is 22.8 Å². The van der Waals surface area contributed by atoms with Gasteiger partial charge in [0.15, 0.2) is 0 Å². The summed E-state index contributed by atoms with van der Waals surface area (Å²) in [5.41, 5.74) is 8.84. The van der Waals surface area contributed by atoms with Crippen molar-refractivity contribution in [2.75, 3.05) is 0 Å². The monoisotopic (exact) mass is 510 g/mol. The number of hydrogen-bond donors (Lipinski definition) is 3. The van der Waals surface area contributed by atoms with Crippen molar-refractivity contribution >= 4 is 56.0 Å². The van der Waals surface area contributed by atoms with Crippen LogP contribution in [0.15, 0.2) is 71.8 Å². The van der Waals surface area contributed by atoms with Gasteiger partial charge >= 0.3 is 0 Å². The van der Waals surface area contributed by atoms with Crippen molar-refractivity contribution < 1.29 is 13.0 Å². The number of H-pyrrole nitrogens is 2. The first kappa shape index (κ1) is 23.4. The minimum atomic E-state index is -4.45. The molecule has 3 N–H and O–H groups in total. The van der Waals surface area contributed by atoms with Crippen molar-refractivity contribution in [3.8, 4) is 0 Å². The molecule has 37 heavy (non-hydrogen) atoms. The van der Waals surface area contributed by atoms with E-state index in [9.17, 15) is 13.0 Å². The summed E-state index contributed by atoms with van der Waals surface area (Å²) < 4.78 is 34.3. The lowest BCUT2D eigenvalue weighted by Crippen LogP contribution is -2.43. The zero-order valence-electron chi connectivity index (χ0n) is 20.6. The van der Waals surface area contributed by atoms with Gasteiger partial charge in [0, 0.05) is 28.0 Å². The summed E-state index contributed by atoms with van der Waals surface area (Å²) >= 11 is 0. The molecule has 3 aliphatic rings. The normalized spacial score (nSPS) is 21.4. The van der Waals surface area contributed by atoms with Gasteiger partial charge in [0.25, 0.3) is 10.1 Å². The molecule has 0 saturated carbocycles. The predicted octanol–water partition coefficient (Wildman–Crippen LogP) is 6.19. The van der Waals surface area contributed by atoms with Crippen LogP contribution in [0, 0.1) is 5.92 Å². The molecule has 2 atom stereocenters. The second-order valence-corrected chi connectivity index (χ2v) is 11.8. The molecule has 2 aliphatic heterocycles. The van der Waals surface area contributed by atoms with Crippen LogP contribution in [-0.4, -0.2) is 37.7 Å². The summed E-state index contributed by atoms with van der Waals surface area (Å²) in [6.07, 6.45) is 9.33. The van der Waals surface area contributed by atoms with E-state index in [0.29, 0.717) is 22.7 Å². The minimum absolute atomic E-state index is 0.615. The van der Waals surface area contributed by atoms with E-state index in [1.165, 1.54) is 0 Å². The van der Waals surface area contributed by atoms with Crippen LogP contribution in [0.2, 0.25) is 0 Å². The van der Waals surface area contributed by atoms with Crippen LogP contribution in [0.1, 0.15) is 43.5 Å².